The number of benzene rings is 1. The van der Waals surface area contributed by atoms with Crippen molar-refractivity contribution in [1.29, 1.82) is 0 Å². The monoisotopic (exact) mass is 304 g/mol. The van der Waals surface area contributed by atoms with Crippen LogP contribution in [0.15, 0.2) is 24.3 Å². The van der Waals surface area contributed by atoms with Gasteiger partial charge in [-0.05, 0) is 56.1 Å². The van der Waals surface area contributed by atoms with E-state index in [1.54, 1.807) is 0 Å². The van der Waals surface area contributed by atoms with E-state index >= 15 is 0 Å². The number of nitrogens with zero attached hydrogens (tertiary/aromatic N) is 1. The number of rotatable bonds is 5. The highest BCUT2D eigenvalue weighted by atomic mass is 35.5. The molecule has 3 nitrogen and oxygen atoms in total. The van der Waals surface area contributed by atoms with Crippen molar-refractivity contribution in [2.45, 2.75) is 12.8 Å². The number of ether oxygens (including phenoxy) is 1. The van der Waals surface area contributed by atoms with Crippen molar-refractivity contribution in [2.75, 3.05) is 32.8 Å². The topological polar surface area (TPSA) is 38.5 Å². The molecule has 1 unspecified atom stereocenters. The van der Waals surface area contributed by atoms with Crippen molar-refractivity contribution in [3.05, 3.63) is 29.3 Å². The summed E-state index contributed by atoms with van der Waals surface area (Å²) in [6.07, 6.45) is 2.52. The van der Waals surface area contributed by atoms with Gasteiger partial charge in [0.05, 0.1) is 0 Å². The molecule has 1 aliphatic heterocycles. The fraction of sp³-hybridized carbons (Fsp3) is 0.571. The Morgan fingerprint density at radius 2 is 2.05 bits per heavy atom. The smallest absolute Gasteiger partial charge is 0.119 e. The average Bonchev–Trinajstić information content (AvgIpc) is 2.41. The van der Waals surface area contributed by atoms with Crippen LogP contribution in [0.5, 0.6) is 5.75 Å². The average molecular weight is 305 g/mol. The first-order chi connectivity index (χ1) is 8.78. The molecule has 0 amide bonds. The van der Waals surface area contributed by atoms with E-state index in [2.05, 4.69) is 4.90 Å². The Bertz CT molecular complexity index is 359. The van der Waals surface area contributed by atoms with Gasteiger partial charge in [0.1, 0.15) is 12.4 Å². The van der Waals surface area contributed by atoms with Crippen LogP contribution in [-0.2, 0) is 0 Å². The zero-order chi connectivity index (χ0) is 12.8. The first kappa shape index (κ1) is 16.6. The predicted octanol–water partition coefficient (Wildman–Crippen LogP) is 2.81. The van der Waals surface area contributed by atoms with Gasteiger partial charge >= 0.3 is 0 Å². The highest BCUT2D eigenvalue weighted by molar-refractivity contribution is 6.30. The first-order valence-electron chi connectivity index (χ1n) is 6.58. The van der Waals surface area contributed by atoms with E-state index in [0.29, 0.717) is 5.92 Å². The highest BCUT2D eigenvalue weighted by Crippen LogP contribution is 2.17. The lowest BCUT2D eigenvalue weighted by atomic mass is 9.98. The Morgan fingerprint density at radius 3 is 2.74 bits per heavy atom. The lowest BCUT2D eigenvalue weighted by Crippen LogP contribution is -2.40. The van der Waals surface area contributed by atoms with Gasteiger partial charge in [0.2, 0.25) is 0 Å². The molecule has 5 heteroatoms. The molecule has 108 valence electrons. The van der Waals surface area contributed by atoms with Crippen LogP contribution in [-0.4, -0.2) is 37.7 Å². The summed E-state index contributed by atoms with van der Waals surface area (Å²) in [7, 11) is 0. The molecule has 1 aromatic carbocycles. The van der Waals surface area contributed by atoms with Crippen LogP contribution < -0.4 is 10.5 Å². The van der Waals surface area contributed by atoms with Gasteiger partial charge in [-0.25, -0.2) is 0 Å². The number of hydrogen-bond acceptors (Lipinski definition) is 3. The second-order valence-electron chi connectivity index (χ2n) is 4.85. The molecule has 1 heterocycles. The standard InChI is InChI=1S/C14H21ClN2O.ClH/c15-13-3-5-14(6-4-13)18-9-8-17-7-1-2-12(10-16)11-17;/h3-6,12H,1-2,7-11,16H2;1H. The van der Waals surface area contributed by atoms with Gasteiger partial charge < -0.3 is 10.5 Å². The SMILES string of the molecule is Cl.NCC1CCCN(CCOc2ccc(Cl)cc2)C1. The summed E-state index contributed by atoms with van der Waals surface area (Å²) in [6, 6.07) is 7.51. The third-order valence-electron chi connectivity index (χ3n) is 3.43. The van der Waals surface area contributed by atoms with Crippen LogP contribution in [0.4, 0.5) is 0 Å². The van der Waals surface area contributed by atoms with E-state index in [1.807, 2.05) is 24.3 Å². The molecule has 1 atom stereocenters. The molecule has 0 saturated carbocycles. The van der Waals surface area contributed by atoms with Crippen molar-refractivity contribution in [1.82, 2.24) is 4.90 Å². The maximum absolute atomic E-state index is 5.82. The van der Waals surface area contributed by atoms with E-state index in [0.717, 1.165) is 37.0 Å². The molecular weight excluding hydrogens is 283 g/mol. The minimum absolute atomic E-state index is 0. The van der Waals surface area contributed by atoms with Crippen LogP contribution >= 0.6 is 24.0 Å². The van der Waals surface area contributed by atoms with Crippen molar-refractivity contribution < 1.29 is 4.74 Å². The summed E-state index contributed by atoms with van der Waals surface area (Å²) in [5.74, 6) is 1.54. The molecule has 1 saturated heterocycles. The minimum Gasteiger partial charge on any atom is -0.492 e. The highest BCUT2D eigenvalue weighted by Gasteiger charge is 2.18. The van der Waals surface area contributed by atoms with E-state index in [4.69, 9.17) is 22.1 Å². The normalized spacial score (nSPS) is 19.8. The molecule has 2 rings (SSSR count). The van der Waals surface area contributed by atoms with Gasteiger partial charge in [-0.2, -0.15) is 0 Å². The van der Waals surface area contributed by atoms with Gasteiger partial charge in [-0.15, -0.1) is 12.4 Å². The number of piperidine rings is 1. The van der Waals surface area contributed by atoms with Crippen molar-refractivity contribution in [3.63, 3.8) is 0 Å². The Kier molecular flexibility index (Phi) is 7.54. The largest absolute Gasteiger partial charge is 0.492 e. The van der Waals surface area contributed by atoms with Crippen LogP contribution in [0.2, 0.25) is 5.02 Å². The van der Waals surface area contributed by atoms with Gasteiger partial charge in [0.25, 0.3) is 0 Å². The maximum Gasteiger partial charge on any atom is 0.119 e. The van der Waals surface area contributed by atoms with Crippen LogP contribution in [0.1, 0.15) is 12.8 Å². The fourth-order valence-corrected chi connectivity index (χ4v) is 2.50. The zero-order valence-electron chi connectivity index (χ0n) is 11.1. The van der Waals surface area contributed by atoms with E-state index in [-0.39, 0.29) is 12.4 Å². The van der Waals surface area contributed by atoms with Gasteiger partial charge in [-0.3, -0.25) is 4.90 Å². The van der Waals surface area contributed by atoms with Gasteiger partial charge in [-0.1, -0.05) is 11.6 Å². The summed E-state index contributed by atoms with van der Waals surface area (Å²) in [5.41, 5.74) is 5.73. The predicted molar refractivity (Wildman–Crippen MR) is 82.4 cm³/mol. The van der Waals surface area contributed by atoms with Crippen LogP contribution in [0, 0.1) is 5.92 Å². The zero-order valence-corrected chi connectivity index (χ0v) is 12.6. The quantitative estimate of drug-likeness (QED) is 0.909. The summed E-state index contributed by atoms with van der Waals surface area (Å²) in [5, 5.41) is 0.740. The van der Waals surface area contributed by atoms with Gasteiger partial charge in [0, 0.05) is 18.1 Å². The van der Waals surface area contributed by atoms with Crippen molar-refractivity contribution in [3.8, 4) is 5.75 Å². The molecule has 1 fully saturated rings. The number of hydrogen-bond donors (Lipinski definition) is 1. The molecule has 2 N–H and O–H groups in total. The third-order valence-corrected chi connectivity index (χ3v) is 3.68. The van der Waals surface area contributed by atoms with E-state index in [9.17, 15) is 0 Å². The molecule has 0 aliphatic carbocycles. The Morgan fingerprint density at radius 1 is 1.32 bits per heavy atom. The number of nitrogens with two attached hydrogens (primary N) is 1. The Balaban J connectivity index is 0.00000180. The Hall–Kier alpha value is -0.480. The van der Waals surface area contributed by atoms with Crippen molar-refractivity contribution in [2.24, 2.45) is 11.7 Å². The molecule has 0 aromatic heterocycles. The summed E-state index contributed by atoms with van der Waals surface area (Å²) in [6.45, 7) is 4.77. The maximum atomic E-state index is 5.82. The lowest BCUT2D eigenvalue weighted by molar-refractivity contribution is 0.149. The fourth-order valence-electron chi connectivity index (χ4n) is 2.37. The van der Waals surface area contributed by atoms with Gasteiger partial charge in [0.15, 0.2) is 0 Å². The summed E-state index contributed by atoms with van der Waals surface area (Å²) in [4.78, 5) is 2.44. The Labute approximate surface area is 126 Å². The molecule has 19 heavy (non-hydrogen) atoms. The number of halogens is 2. The van der Waals surface area contributed by atoms with Crippen LogP contribution in [0.25, 0.3) is 0 Å². The molecule has 0 bridgehead atoms. The van der Waals surface area contributed by atoms with E-state index in [1.165, 1.54) is 19.4 Å². The van der Waals surface area contributed by atoms with Crippen LogP contribution in [0.3, 0.4) is 0 Å². The minimum atomic E-state index is 0. The summed E-state index contributed by atoms with van der Waals surface area (Å²) >= 11 is 5.82. The molecule has 1 aliphatic rings. The molecule has 0 radical (unpaired) electrons. The first-order valence-corrected chi connectivity index (χ1v) is 6.96. The van der Waals surface area contributed by atoms with E-state index < -0.39 is 0 Å². The second-order valence-corrected chi connectivity index (χ2v) is 5.28. The lowest BCUT2D eigenvalue weighted by Gasteiger charge is -2.31. The molecular formula is C14H22Cl2N2O. The summed E-state index contributed by atoms with van der Waals surface area (Å²) < 4.78 is 5.70. The molecule has 0 spiro atoms. The third kappa shape index (κ3) is 5.57. The number of likely N-dealkylation sites (tertiary alicyclic amines) is 1. The molecule has 1 aromatic rings. The van der Waals surface area contributed by atoms with Crippen molar-refractivity contribution >= 4 is 24.0 Å². The second kappa shape index (κ2) is 8.64.